The summed E-state index contributed by atoms with van der Waals surface area (Å²) in [6, 6.07) is 13.0. The average Bonchev–Trinajstić information content (AvgIpc) is 3.09. The Bertz CT molecular complexity index is 991. The normalized spacial score (nSPS) is 11.1. The van der Waals surface area contributed by atoms with Crippen LogP contribution >= 0.6 is 22.7 Å². The number of thiazole rings is 2. The number of aromatic nitrogens is 2. The highest BCUT2D eigenvalue weighted by atomic mass is 32.1. The van der Waals surface area contributed by atoms with Crippen LogP contribution in [0.4, 0.5) is 10.3 Å². The zero-order valence-electron chi connectivity index (χ0n) is 11.2. The van der Waals surface area contributed by atoms with Crippen molar-refractivity contribution in [3.05, 3.63) is 48.0 Å². The van der Waals surface area contributed by atoms with Gasteiger partial charge in [0.15, 0.2) is 10.3 Å². The Balaban J connectivity index is 1.73. The van der Waals surface area contributed by atoms with Crippen LogP contribution in [0.2, 0.25) is 0 Å². The molecule has 3 N–H and O–H groups in total. The van der Waals surface area contributed by atoms with Gasteiger partial charge in [0.05, 0.1) is 9.40 Å². The Kier molecular flexibility index (Phi) is 3.02. The van der Waals surface area contributed by atoms with E-state index in [1.54, 1.807) is 12.1 Å². The second kappa shape index (κ2) is 5.04. The lowest BCUT2D eigenvalue weighted by molar-refractivity contribution is 0.102. The molecule has 4 rings (SSSR count). The van der Waals surface area contributed by atoms with E-state index in [0.717, 1.165) is 20.4 Å². The van der Waals surface area contributed by atoms with Gasteiger partial charge in [-0.1, -0.05) is 40.9 Å². The average molecular weight is 326 g/mol. The number of carbonyl (C=O) groups is 1. The number of nitrogen functional groups attached to an aromatic ring is 1. The van der Waals surface area contributed by atoms with Gasteiger partial charge in [0.1, 0.15) is 11.0 Å². The molecule has 7 heteroatoms. The van der Waals surface area contributed by atoms with Crippen LogP contribution < -0.4 is 11.1 Å². The highest BCUT2D eigenvalue weighted by Crippen LogP contribution is 2.34. The monoisotopic (exact) mass is 326 g/mol. The lowest BCUT2D eigenvalue weighted by Gasteiger charge is -2.00. The fourth-order valence-corrected chi connectivity index (χ4v) is 3.81. The zero-order chi connectivity index (χ0) is 15.1. The van der Waals surface area contributed by atoms with Crippen LogP contribution in [0.15, 0.2) is 42.5 Å². The van der Waals surface area contributed by atoms with Crippen LogP contribution in [0.5, 0.6) is 0 Å². The van der Waals surface area contributed by atoms with Gasteiger partial charge in [0.2, 0.25) is 0 Å². The van der Waals surface area contributed by atoms with Crippen molar-refractivity contribution >= 4 is 59.3 Å². The second-order valence-electron chi connectivity index (χ2n) is 4.65. The molecule has 0 saturated heterocycles. The minimum atomic E-state index is -0.173. The first-order valence-electron chi connectivity index (χ1n) is 6.53. The van der Waals surface area contributed by atoms with Gasteiger partial charge in [0.25, 0.3) is 5.91 Å². The molecule has 108 valence electrons. The first-order valence-corrected chi connectivity index (χ1v) is 8.16. The molecule has 2 heterocycles. The number of nitrogens with zero attached hydrogens (tertiary/aromatic N) is 2. The number of rotatable bonds is 2. The van der Waals surface area contributed by atoms with Crippen molar-refractivity contribution < 1.29 is 4.79 Å². The summed E-state index contributed by atoms with van der Waals surface area (Å²) in [5.74, 6) is -0.173. The maximum Gasteiger partial charge on any atom is 0.257 e. The lowest BCUT2D eigenvalue weighted by atomic mass is 10.2. The molecule has 2 aromatic carbocycles. The van der Waals surface area contributed by atoms with E-state index in [4.69, 9.17) is 5.73 Å². The topological polar surface area (TPSA) is 80.9 Å². The van der Waals surface area contributed by atoms with Gasteiger partial charge in [-0.2, -0.15) is 0 Å². The number of carbonyl (C=O) groups excluding carboxylic acids is 1. The molecular weight excluding hydrogens is 316 g/mol. The number of hydrogen-bond donors (Lipinski definition) is 2. The minimum Gasteiger partial charge on any atom is -0.375 e. The summed E-state index contributed by atoms with van der Waals surface area (Å²) in [7, 11) is 0. The quantitative estimate of drug-likeness (QED) is 0.588. The predicted octanol–water partition coefficient (Wildman–Crippen LogP) is 3.74. The molecule has 0 atom stereocenters. The Morgan fingerprint density at radius 2 is 1.64 bits per heavy atom. The summed E-state index contributed by atoms with van der Waals surface area (Å²) in [6.45, 7) is 0. The Hall–Kier alpha value is -2.51. The van der Waals surface area contributed by atoms with Crippen molar-refractivity contribution in [3.63, 3.8) is 0 Å². The Labute approximate surface area is 133 Å². The number of amides is 1. The first kappa shape index (κ1) is 13.2. The maximum absolute atomic E-state index is 12.2. The summed E-state index contributed by atoms with van der Waals surface area (Å²) in [6.07, 6.45) is 0. The van der Waals surface area contributed by atoms with Crippen molar-refractivity contribution in [2.45, 2.75) is 0 Å². The van der Waals surface area contributed by atoms with Crippen LogP contribution in [0.1, 0.15) is 10.4 Å². The third kappa shape index (κ3) is 2.20. The smallest absolute Gasteiger partial charge is 0.257 e. The molecule has 0 unspecified atom stereocenters. The zero-order valence-corrected chi connectivity index (χ0v) is 12.9. The van der Waals surface area contributed by atoms with Crippen molar-refractivity contribution in [1.82, 2.24) is 9.97 Å². The van der Waals surface area contributed by atoms with Crippen molar-refractivity contribution in [3.8, 4) is 0 Å². The molecular formula is C15H10N4OS2. The van der Waals surface area contributed by atoms with Gasteiger partial charge in [-0.15, -0.1) is 0 Å². The Morgan fingerprint density at radius 1 is 0.955 bits per heavy atom. The van der Waals surface area contributed by atoms with Gasteiger partial charge < -0.3 is 5.73 Å². The minimum absolute atomic E-state index is 0.173. The van der Waals surface area contributed by atoms with E-state index >= 15 is 0 Å². The number of benzene rings is 2. The van der Waals surface area contributed by atoms with Crippen LogP contribution in [0, 0.1) is 0 Å². The molecule has 2 aromatic heterocycles. The summed E-state index contributed by atoms with van der Waals surface area (Å²) in [5, 5.41) is 3.91. The van der Waals surface area contributed by atoms with E-state index < -0.39 is 0 Å². The maximum atomic E-state index is 12.2. The van der Waals surface area contributed by atoms with Gasteiger partial charge in [0, 0.05) is 5.56 Å². The molecule has 0 aliphatic rings. The van der Waals surface area contributed by atoms with Crippen LogP contribution in [0.25, 0.3) is 20.4 Å². The third-order valence-electron chi connectivity index (χ3n) is 3.19. The van der Waals surface area contributed by atoms with Gasteiger partial charge in [-0.05, 0) is 24.3 Å². The molecule has 0 aliphatic heterocycles. The van der Waals surface area contributed by atoms with Crippen molar-refractivity contribution in [1.29, 1.82) is 0 Å². The Morgan fingerprint density at radius 3 is 2.41 bits per heavy atom. The third-order valence-corrected chi connectivity index (χ3v) is 4.98. The number of hydrogen-bond acceptors (Lipinski definition) is 6. The molecule has 22 heavy (non-hydrogen) atoms. The van der Waals surface area contributed by atoms with E-state index in [1.165, 1.54) is 22.7 Å². The van der Waals surface area contributed by atoms with Gasteiger partial charge in [-0.3, -0.25) is 10.1 Å². The van der Waals surface area contributed by atoms with Crippen molar-refractivity contribution in [2.75, 3.05) is 11.1 Å². The van der Waals surface area contributed by atoms with Gasteiger partial charge in [-0.25, -0.2) is 9.97 Å². The fraction of sp³-hybridized carbons (Fsp3) is 0. The number of nitrogens with one attached hydrogen (secondary N) is 1. The molecule has 4 aromatic rings. The largest absolute Gasteiger partial charge is 0.375 e. The number of fused-ring (bicyclic) bond motifs is 3. The summed E-state index contributed by atoms with van der Waals surface area (Å²) in [5.41, 5.74) is 7.93. The number of nitrogens with two attached hydrogens (primary N) is 1. The van der Waals surface area contributed by atoms with Gasteiger partial charge >= 0.3 is 0 Å². The highest BCUT2D eigenvalue weighted by Gasteiger charge is 2.13. The van der Waals surface area contributed by atoms with E-state index in [9.17, 15) is 4.79 Å². The predicted molar refractivity (Wildman–Crippen MR) is 91.6 cm³/mol. The standard InChI is InChI=1S/C15H10N4OS2/c16-14-17-11-9(21-14)6-7-10-12(11)18-15(22-10)19-13(20)8-4-2-1-3-5-8/h1-7H,(H2,16,17)(H,18,19,20). The van der Waals surface area contributed by atoms with E-state index in [1.807, 2.05) is 30.3 Å². The first-order chi connectivity index (χ1) is 10.7. The van der Waals surface area contributed by atoms with Crippen molar-refractivity contribution in [2.24, 2.45) is 0 Å². The van der Waals surface area contributed by atoms with Crippen LogP contribution in [-0.4, -0.2) is 15.9 Å². The molecule has 0 bridgehead atoms. The molecule has 0 spiro atoms. The van der Waals surface area contributed by atoms with Crippen LogP contribution in [-0.2, 0) is 0 Å². The van der Waals surface area contributed by atoms with E-state index in [0.29, 0.717) is 15.8 Å². The van der Waals surface area contributed by atoms with Crippen LogP contribution in [0.3, 0.4) is 0 Å². The number of anilines is 2. The molecule has 0 saturated carbocycles. The molecule has 0 radical (unpaired) electrons. The molecule has 1 amide bonds. The van der Waals surface area contributed by atoms with E-state index in [2.05, 4.69) is 15.3 Å². The molecule has 0 fully saturated rings. The lowest BCUT2D eigenvalue weighted by Crippen LogP contribution is -2.11. The fourth-order valence-electron chi connectivity index (χ4n) is 2.21. The summed E-state index contributed by atoms with van der Waals surface area (Å²) in [4.78, 5) is 21.0. The highest BCUT2D eigenvalue weighted by molar-refractivity contribution is 7.24. The molecule has 5 nitrogen and oxygen atoms in total. The second-order valence-corrected chi connectivity index (χ2v) is 6.74. The summed E-state index contributed by atoms with van der Waals surface area (Å²) >= 11 is 2.86. The SMILES string of the molecule is Nc1nc2c(ccc3sc(NC(=O)c4ccccc4)nc32)s1. The molecule has 0 aliphatic carbocycles. The summed E-state index contributed by atoms with van der Waals surface area (Å²) < 4.78 is 1.97. The van der Waals surface area contributed by atoms with E-state index in [-0.39, 0.29) is 5.91 Å².